The molecule has 2 aromatic carbocycles. The fraction of sp³-hybridized carbons (Fsp3) is 0.176. The summed E-state index contributed by atoms with van der Waals surface area (Å²) in [5.41, 5.74) is 0. The first-order valence-corrected chi connectivity index (χ1v) is 9.26. The van der Waals surface area contributed by atoms with Gasteiger partial charge in [0.15, 0.2) is 0 Å². The van der Waals surface area contributed by atoms with Crippen molar-refractivity contribution in [3.8, 4) is 0 Å². The number of hydrogen-bond acceptors (Lipinski definition) is 2. The Hall–Kier alpha value is -1.79. The summed E-state index contributed by atoms with van der Waals surface area (Å²) in [5, 5.41) is 2.22. The summed E-state index contributed by atoms with van der Waals surface area (Å²) in [6.07, 6.45) is 0. The average Bonchev–Trinajstić information content (AvgIpc) is 2.74. The fourth-order valence-corrected chi connectivity index (χ4v) is 6.77. The van der Waals surface area contributed by atoms with Crippen LogP contribution in [-0.2, 0) is 9.05 Å². The van der Waals surface area contributed by atoms with E-state index in [4.69, 9.17) is 9.05 Å². The SMILES string of the molecule is CC1=C(C)OP(C)(c2ccccc2)(c2ccccc2)O1. The van der Waals surface area contributed by atoms with Crippen LogP contribution in [0.5, 0.6) is 0 Å². The van der Waals surface area contributed by atoms with Crippen LogP contribution in [-0.4, -0.2) is 6.66 Å². The van der Waals surface area contributed by atoms with Crippen molar-refractivity contribution < 1.29 is 9.05 Å². The van der Waals surface area contributed by atoms with Crippen molar-refractivity contribution in [2.75, 3.05) is 6.66 Å². The van der Waals surface area contributed by atoms with Gasteiger partial charge in [-0.1, -0.05) is 0 Å². The van der Waals surface area contributed by atoms with Gasteiger partial charge in [0.05, 0.1) is 0 Å². The van der Waals surface area contributed by atoms with E-state index in [9.17, 15) is 0 Å². The Morgan fingerprint density at radius 1 is 0.650 bits per heavy atom. The second-order valence-corrected chi connectivity index (χ2v) is 9.46. The van der Waals surface area contributed by atoms with Crippen molar-refractivity contribution in [2.45, 2.75) is 13.8 Å². The van der Waals surface area contributed by atoms with E-state index >= 15 is 0 Å². The number of benzene rings is 2. The molecule has 0 bridgehead atoms. The zero-order chi connectivity index (χ0) is 14.2. The van der Waals surface area contributed by atoms with Crippen LogP contribution in [0.1, 0.15) is 13.8 Å². The second-order valence-electron chi connectivity index (χ2n) is 5.33. The maximum atomic E-state index is 6.41. The molecule has 0 aliphatic carbocycles. The molecule has 0 saturated carbocycles. The van der Waals surface area contributed by atoms with Gasteiger partial charge in [0.1, 0.15) is 0 Å². The van der Waals surface area contributed by atoms with Gasteiger partial charge in [-0.2, -0.15) is 0 Å². The third-order valence-electron chi connectivity index (χ3n) is 3.92. The molecule has 0 radical (unpaired) electrons. The Balaban J connectivity index is 2.26. The van der Waals surface area contributed by atoms with E-state index in [0.717, 1.165) is 22.1 Å². The van der Waals surface area contributed by atoms with E-state index in [1.807, 2.05) is 50.2 Å². The molecule has 0 atom stereocenters. The summed E-state index contributed by atoms with van der Waals surface area (Å²) in [7, 11) is -3.08. The summed E-state index contributed by atoms with van der Waals surface area (Å²) < 4.78 is 12.8. The van der Waals surface area contributed by atoms with Gasteiger partial charge in [-0.25, -0.2) is 0 Å². The average molecular weight is 286 g/mol. The molecule has 0 fully saturated rings. The van der Waals surface area contributed by atoms with Crippen LogP contribution in [0.25, 0.3) is 0 Å². The molecule has 2 aromatic rings. The second kappa shape index (κ2) is 4.36. The van der Waals surface area contributed by atoms with E-state index in [1.165, 1.54) is 0 Å². The van der Waals surface area contributed by atoms with Crippen LogP contribution < -0.4 is 10.6 Å². The van der Waals surface area contributed by atoms with Crippen molar-refractivity contribution in [1.29, 1.82) is 0 Å². The Bertz CT molecular complexity index is 604. The molecule has 0 unspecified atom stereocenters. The Morgan fingerprint density at radius 3 is 1.35 bits per heavy atom. The van der Waals surface area contributed by atoms with Gasteiger partial charge in [-0.05, 0) is 0 Å². The molecule has 0 amide bonds. The summed E-state index contributed by atoms with van der Waals surface area (Å²) in [6, 6.07) is 20.5. The Kier molecular flexibility index (Phi) is 2.88. The number of hydrogen-bond donors (Lipinski definition) is 0. The molecule has 20 heavy (non-hydrogen) atoms. The van der Waals surface area contributed by atoms with Crippen LogP contribution in [0.3, 0.4) is 0 Å². The molecule has 3 heteroatoms. The first kappa shape index (κ1) is 13.2. The molecule has 1 aliphatic rings. The van der Waals surface area contributed by atoms with E-state index in [2.05, 4.69) is 30.9 Å². The van der Waals surface area contributed by atoms with Crippen molar-refractivity contribution in [1.82, 2.24) is 0 Å². The number of rotatable bonds is 2. The van der Waals surface area contributed by atoms with Gasteiger partial charge in [-0.3, -0.25) is 0 Å². The van der Waals surface area contributed by atoms with Crippen LogP contribution in [0.2, 0.25) is 0 Å². The standard InChI is InChI=1S/C17H19O2P/c1-14-15(2)19-20(3,18-14,16-10-6-4-7-11-16)17-12-8-5-9-13-17/h4-13H,1-3H3. The van der Waals surface area contributed by atoms with Crippen LogP contribution in [0.4, 0.5) is 0 Å². The summed E-state index contributed by atoms with van der Waals surface area (Å²) >= 11 is 0. The van der Waals surface area contributed by atoms with Crippen molar-refractivity contribution >= 4 is 17.7 Å². The normalized spacial score (nSPS) is 21.4. The van der Waals surface area contributed by atoms with Crippen LogP contribution >= 0.6 is 7.06 Å². The molecule has 1 heterocycles. The number of allylic oxidation sites excluding steroid dienone is 2. The maximum absolute atomic E-state index is 6.41. The van der Waals surface area contributed by atoms with Crippen molar-refractivity contribution in [2.24, 2.45) is 0 Å². The summed E-state index contributed by atoms with van der Waals surface area (Å²) in [5.74, 6) is 1.75. The van der Waals surface area contributed by atoms with E-state index in [-0.39, 0.29) is 0 Å². The third-order valence-corrected chi connectivity index (χ3v) is 8.33. The minimum atomic E-state index is -3.08. The molecule has 1 aliphatic heterocycles. The topological polar surface area (TPSA) is 18.5 Å². The van der Waals surface area contributed by atoms with Gasteiger partial charge in [0.2, 0.25) is 0 Å². The molecular weight excluding hydrogens is 267 g/mol. The van der Waals surface area contributed by atoms with Gasteiger partial charge in [-0.15, -0.1) is 0 Å². The van der Waals surface area contributed by atoms with Gasteiger partial charge >= 0.3 is 119 Å². The molecule has 0 aromatic heterocycles. The van der Waals surface area contributed by atoms with Gasteiger partial charge in [0, 0.05) is 0 Å². The first-order valence-electron chi connectivity index (χ1n) is 6.74. The molecule has 3 rings (SSSR count). The van der Waals surface area contributed by atoms with Crippen LogP contribution in [0, 0.1) is 0 Å². The molecule has 0 spiro atoms. The summed E-state index contributed by atoms with van der Waals surface area (Å²) in [4.78, 5) is 0. The van der Waals surface area contributed by atoms with E-state index in [0.29, 0.717) is 0 Å². The predicted octanol–water partition coefficient (Wildman–Crippen LogP) is 3.95. The van der Waals surface area contributed by atoms with Crippen molar-refractivity contribution in [3.63, 3.8) is 0 Å². The van der Waals surface area contributed by atoms with Gasteiger partial charge < -0.3 is 0 Å². The molecule has 2 nitrogen and oxygen atoms in total. The monoisotopic (exact) mass is 286 g/mol. The zero-order valence-electron chi connectivity index (χ0n) is 12.0. The van der Waals surface area contributed by atoms with Crippen molar-refractivity contribution in [3.05, 3.63) is 72.2 Å². The molecule has 104 valence electrons. The quantitative estimate of drug-likeness (QED) is 0.778. The van der Waals surface area contributed by atoms with Gasteiger partial charge in [0.25, 0.3) is 0 Å². The Labute approximate surface area is 120 Å². The molecule has 0 N–H and O–H groups in total. The molecular formula is C17H19O2P. The Morgan fingerprint density at radius 2 is 1.00 bits per heavy atom. The van der Waals surface area contributed by atoms with Crippen LogP contribution in [0.15, 0.2) is 72.2 Å². The van der Waals surface area contributed by atoms with E-state index in [1.54, 1.807) is 0 Å². The first-order chi connectivity index (χ1) is 9.53. The fourth-order valence-electron chi connectivity index (χ4n) is 2.71. The third kappa shape index (κ3) is 1.76. The minimum absolute atomic E-state index is 0.873. The zero-order valence-corrected chi connectivity index (χ0v) is 12.9. The van der Waals surface area contributed by atoms with E-state index < -0.39 is 7.06 Å². The predicted molar refractivity (Wildman–Crippen MR) is 85.5 cm³/mol. The summed E-state index contributed by atoms with van der Waals surface area (Å²) in [6.45, 7) is 6.06. The molecule has 0 saturated heterocycles.